The monoisotopic (exact) mass is 300 g/mol. The maximum absolute atomic E-state index is 5.87. The summed E-state index contributed by atoms with van der Waals surface area (Å²) in [7, 11) is 2.12. The molecular formula is C16H17ClN4. The summed E-state index contributed by atoms with van der Waals surface area (Å²) in [5.41, 5.74) is 1.32. The number of rotatable bonds is 5. The zero-order chi connectivity index (χ0) is 14.7. The Hall–Kier alpha value is -1.91. The summed E-state index contributed by atoms with van der Waals surface area (Å²) in [5, 5.41) is 7.32. The number of pyridine rings is 1. The second-order valence-corrected chi connectivity index (χ2v) is 5.61. The Morgan fingerprint density at radius 2 is 2.14 bits per heavy atom. The molecule has 21 heavy (non-hydrogen) atoms. The normalized spacial score (nSPS) is 11.4. The highest BCUT2D eigenvalue weighted by atomic mass is 35.5. The number of aromatic nitrogens is 3. The summed E-state index contributed by atoms with van der Waals surface area (Å²) in [5.74, 6) is 0. The van der Waals surface area contributed by atoms with Gasteiger partial charge in [0.05, 0.1) is 17.8 Å². The molecule has 0 spiro atoms. The van der Waals surface area contributed by atoms with Crippen molar-refractivity contribution in [2.75, 3.05) is 13.6 Å². The summed E-state index contributed by atoms with van der Waals surface area (Å²) >= 11 is 5.87. The van der Waals surface area contributed by atoms with Crippen molar-refractivity contribution < 1.29 is 0 Å². The van der Waals surface area contributed by atoms with Crippen LogP contribution in [0.15, 0.2) is 49.1 Å². The standard InChI is InChI=1S/C16H17ClN4/c1-20(7-8-21-12-15(17)10-19-21)11-14-4-2-3-13-9-18-6-5-16(13)14/h2-6,9-10,12H,7-8,11H2,1H3. The molecule has 0 N–H and O–H groups in total. The first-order chi connectivity index (χ1) is 10.2. The predicted octanol–water partition coefficient (Wildman–Crippen LogP) is 3.22. The van der Waals surface area contributed by atoms with E-state index in [4.69, 9.17) is 11.6 Å². The zero-order valence-corrected chi connectivity index (χ0v) is 12.7. The van der Waals surface area contributed by atoms with Crippen molar-refractivity contribution in [3.63, 3.8) is 0 Å². The summed E-state index contributed by atoms with van der Waals surface area (Å²) in [6, 6.07) is 8.42. The smallest absolute Gasteiger partial charge is 0.0785 e. The van der Waals surface area contributed by atoms with Crippen molar-refractivity contribution in [3.8, 4) is 0 Å². The van der Waals surface area contributed by atoms with E-state index in [1.54, 1.807) is 6.20 Å². The maximum Gasteiger partial charge on any atom is 0.0785 e. The molecule has 1 aromatic carbocycles. The van der Waals surface area contributed by atoms with Crippen LogP contribution in [0.5, 0.6) is 0 Å². The first kappa shape index (κ1) is 14.0. The number of nitrogens with zero attached hydrogens (tertiary/aromatic N) is 4. The molecule has 2 heterocycles. The van der Waals surface area contributed by atoms with Crippen molar-refractivity contribution in [2.45, 2.75) is 13.1 Å². The molecule has 2 aromatic heterocycles. The number of hydrogen-bond donors (Lipinski definition) is 0. The van der Waals surface area contributed by atoms with Crippen LogP contribution in [-0.2, 0) is 13.1 Å². The van der Waals surface area contributed by atoms with E-state index in [9.17, 15) is 0 Å². The summed E-state index contributed by atoms with van der Waals surface area (Å²) < 4.78 is 1.87. The molecule has 0 radical (unpaired) electrons. The van der Waals surface area contributed by atoms with Crippen LogP contribution in [0.2, 0.25) is 5.02 Å². The van der Waals surface area contributed by atoms with Crippen LogP contribution < -0.4 is 0 Å². The van der Waals surface area contributed by atoms with Gasteiger partial charge in [-0.3, -0.25) is 9.67 Å². The van der Waals surface area contributed by atoms with E-state index in [0.717, 1.165) is 19.6 Å². The third-order valence-electron chi connectivity index (χ3n) is 3.52. The number of halogens is 1. The fraction of sp³-hybridized carbons (Fsp3) is 0.250. The minimum Gasteiger partial charge on any atom is -0.300 e. The first-order valence-electron chi connectivity index (χ1n) is 6.90. The SMILES string of the molecule is CN(CCn1cc(Cl)cn1)Cc1cccc2cnccc12. The summed E-state index contributed by atoms with van der Waals surface area (Å²) in [6.45, 7) is 2.64. The Morgan fingerprint density at radius 1 is 1.24 bits per heavy atom. The van der Waals surface area contributed by atoms with Crippen molar-refractivity contribution in [3.05, 3.63) is 59.6 Å². The Labute approximate surface area is 129 Å². The minimum atomic E-state index is 0.680. The highest BCUT2D eigenvalue weighted by Gasteiger charge is 2.05. The van der Waals surface area contributed by atoms with Gasteiger partial charge in [0.15, 0.2) is 0 Å². The number of likely N-dealkylation sites (N-methyl/N-ethyl adjacent to an activating group) is 1. The van der Waals surface area contributed by atoms with Gasteiger partial charge in [-0.05, 0) is 24.1 Å². The third-order valence-corrected chi connectivity index (χ3v) is 3.72. The van der Waals surface area contributed by atoms with Crippen LogP contribution in [0.4, 0.5) is 0 Å². The number of hydrogen-bond acceptors (Lipinski definition) is 3. The zero-order valence-electron chi connectivity index (χ0n) is 11.9. The first-order valence-corrected chi connectivity index (χ1v) is 7.28. The van der Waals surface area contributed by atoms with Gasteiger partial charge in [-0.2, -0.15) is 5.10 Å². The minimum absolute atomic E-state index is 0.680. The van der Waals surface area contributed by atoms with Gasteiger partial charge in [-0.25, -0.2) is 0 Å². The van der Waals surface area contributed by atoms with Crippen molar-refractivity contribution in [2.24, 2.45) is 0 Å². The van der Waals surface area contributed by atoms with Crippen molar-refractivity contribution in [1.82, 2.24) is 19.7 Å². The van der Waals surface area contributed by atoms with Gasteiger partial charge in [-0.1, -0.05) is 29.8 Å². The molecule has 0 saturated heterocycles. The highest BCUT2D eigenvalue weighted by molar-refractivity contribution is 6.30. The largest absolute Gasteiger partial charge is 0.300 e. The van der Waals surface area contributed by atoms with Gasteiger partial charge >= 0.3 is 0 Å². The molecule has 0 aliphatic rings. The fourth-order valence-electron chi connectivity index (χ4n) is 2.43. The van der Waals surface area contributed by atoms with E-state index >= 15 is 0 Å². The van der Waals surface area contributed by atoms with Crippen LogP contribution in [0.1, 0.15) is 5.56 Å². The maximum atomic E-state index is 5.87. The second-order valence-electron chi connectivity index (χ2n) is 5.17. The molecule has 108 valence electrons. The fourth-order valence-corrected chi connectivity index (χ4v) is 2.59. The molecule has 5 heteroatoms. The van der Waals surface area contributed by atoms with E-state index in [0.29, 0.717) is 5.02 Å². The Balaban J connectivity index is 1.67. The molecule has 0 fully saturated rings. The molecule has 0 amide bonds. The average molecular weight is 301 g/mol. The Bertz CT molecular complexity index is 732. The van der Waals surface area contributed by atoms with Crippen LogP contribution in [0, 0.1) is 0 Å². The lowest BCUT2D eigenvalue weighted by molar-refractivity contribution is 0.306. The summed E-state index contributed by atoms with van der Waals surface area (Å²) in [6.07, 6.45) is 7.26. The van der Waals surface area contributed by atoms with Gasteiger partial charge in [0, 0.05) is 37.1 Å². The quantitative estimate of drug-likeness (QED) is 0.725. The van der Waals surface area contributed by atoms with E-state index in [1.165, 1.54) is 16.3 Å². The predicted molar refractivity (Wildman–Crippen MR) is 85.3 cm³/mol. The van der Waals surface area contributed by atoms with E-state index in [1.807, 2.05) is 23.3 Å². The van der Waals surface area contributed by atoms with Crippen LogP contribution in [-0.4, -0.2) is 33.3 Å². The molecular weight excluding hydrogens is 284 g/mol. The van der Waals surface area contributed by atoms with Gasteiger partial charge in [0.25, 0.3) is 0 Å². The van der Waals surface area contributed by atoms with Crippen LogP contribution in [0.3, 0.4) is 0 Å². The molecule has 0 unspecified atom stereocenters. The van der Waals surface area contributed by atoms with E-state index in [-0.39, 0.29) is 0 Å². The molecule has 0 aliphatic carbocycles. The molecule has 3 rings (SSSR count). The number of benzene rings is 1. The van der Waals surface area contributed by atoms with Gasteiger partial charge < -0.3 is 4.90 Å². The van der Waals surface area contributed by atoms with Gasteiger partial charge in [0.2, 0.25) is 0 Å². The second kappa shape index (κ2) is 6.24. The third kappa shape index (κ3) is 3.40. The molecule has 0 saturated carbocycles. The van der Waals surface area contributed by atoms with Crippen LogP contribution >= 0.6 is 11.6 Å². The topological polar surface area (TPSA) is 34.0 Å². The molecule has 0 bridgehead atoms. The molecule has 4 nitrogen and oxygen atoms in total. The highest BCUT2D eigenvalue weighted by Crippen LogP contribution is 2.18. The molecule has 0 atom stereocenters. The lowest BCUT2D eigenvalue weighted by atomic mass is 10.1. The molecule has 0 aliphatic heterocycles. The van der Waals surface area contributed by atoms with E-state index in [2.05, 4.69) is 46.3 Å². The molecule has 3 aromatic rings. The summed E-state index contributed by atoms with van der Waals surface area (Å²) in [4.78, 5) is 6.46. The van der Waals surface area contributed by atoms with Crippen molar-refractivity contribution in [1.29, 1.82) is 0 Å². The number of fused-ring (bicyclic) bond motifs is 1. The van der Waals surface area contributed by atoms with E-state index < -0.39 is 0 Å². The van der Waals surface area contributed by atoms with Gasteiger partial charge in [-0.15, -0.1) is 0 Å². The lowest BCUT2D eigenvalue weighted by Crippen LogP contribution is -2.23. The lowest BCUT2D eigenvalue weighted by Gasteiger charge is -2.17. The Kier molecular flexibility index (Phi) is 4.18. The van der Waals surface area contributed by atoms with Crippen LogP contribution in [0.25, 0.3) is 10.8 Å². The van der Waals surface area contributed by atoms with Gasteiger partial charge in [0.1, 0.15) is 0 Å². The average Bonchev–Trinajstić information content (AvgIpc) is 2.91. The van der Waals surface area contributed by atoms with Crippen molar-refractivity contribution >= 4 is 22.4 Å². The Morgan fingerprint density at radius 3 is 2.95 bits per heavy atom.